The summed E-state index contributed by atoms with van der Waals surface area (Å²) >= 11 is 11.9. The first kappa shape index (κ1) is 12.8. The molecular formula is C12H14Cl2O3. The molecule has 0 bridgehead atoms. The predicted molar refractivity (Wildman–Crippen MR) is 67.4 cm³/mol. The lowest BCUT2D eigenvalue weighted by Gasteiger charge is -2.17. The van der Waals surface area contributed by atoms with E-state index < -0.39 is 0 Å². The molecule has 0 amide bonds. The van der Waals surface area contributed by atoms with Crippen LogP contribution in [0.15, 0.2) is 12.1 Å². The zero-order chi connectivity index (χ0) is 12.3. The molecule has 0 saturated carbocycles. The minimum absolute atomic E-state index is 0.0447. The van der Waals surface area contributed by atoms with E-state index in [1.54, 1.807) is 13.2 Å². The summed E-state index contributed by atoms with van der Waals surface area (Å²) in [5, 5.41) is 0.520. The Balaban J connectivity index is 2.24. The van der Waals surface area contributed by atoms with E-state index in [2.05, 4.69) is 0 Å². The fourth-order valence-corrected chi connectivity index (χ4v) is 2.17. The van der Waals surface area contributed by atoms with Gasteiger partial charge in [0.05, 0.1) is 25.3 Å². The van der Waals surface area contributed by atoms with Crippen molar-refractivity contribution in [3.8, 4) is 11.5 Å². The monoisotopic (exact) mass is 276 g/mol. The van der Waals surface area contributed by atoms with Gasteiger partial charge in [0.2, 0.25) is 0 Å². The molecule has 1 aliphatic rings. The number of halogens is 2. The lowest BCUT2D eigenvalue weighted by molar-refractivity contribution is 0.139. The summed E-state index contributed by atoms with van der Waals surface area (Å²) in [5.74, 6) is 1.57. The van der Waals surface area contributed by atoms with E-state index in [4.69, 9.17) is 37.4 Å². The smallest absolute Gasteiger partial charge is 0.180 e. The van der Waals surface area contributed by atoms with Gasteiger partial charge in [0.25, 0.3) is 0 Å². The Kier molecular flexibility index (Phi) is 4.37. The Morgan fingerprint density at radius 3 is 2.88 bits per heavy atom. The minimum atomic E-state index is 0.0447. The van der Waals surface area contributed by atoms with Gasteiger partial charge in [0.15, 0.2) is 11.5 Å². The van der Waals surface area contributed by atoms with E-state index in [0.717, 1.165) is 18.6 Å². The quantitative estimate of drug-likeness (QED) is 0.791. The Morgan fingerprint density at radius 2 is 2.29 bits per heavy atom. The maximum absolute atomic E-state index is 6.17. The molecule has 1 aromatic rings. The Labute approximate surface area is 111 Å². The molecule has 1 heterocycles. The van der Waals surface area contributed by atoms with Crippen molar-refractivity contribution in [2.75, 3.05) is 20.3 Å². The summed E-state index contributed by atoms with van der Waals surface area (Å²) in [6.45, 7) is 1.32. The van der Waals surface area contributed by atoms with Gasteiger partial charge < -0.3 is 14.2 Å². The molecule has 17 heavy (non-hydrogen) atoms. The minimum Gasteiger partial charge on any atom is -0.493 e. The summed E-state index contributed by atoms with van der Waals surface area (Å²) in [4.78, 5) is 0. The molecule has 1 atom stereocenters. The second kappa shape index (κ2) is 5.80. The van der Waals surface area contributed by atoms with Crippen LogP contribution in [0.25, 0.3) is 0 Å². The van der Waals surface area contributed by atoms with Crippen molar-refractivity contribution >= 4 is 23.2 Å². The fourth-order valence-electron chi connectivity index (χ4n) is 1.74. The Bertz CT molecular complexity index is 390. The third-order valence-electron chi connectivity index (χ3n) is 2.62. The van der Waals surface area contributed by atoms with Gasteiger partial charge in [-0.1, -0.05) is 11.6 Å². The Hall–Kier alpha value is -0.640. The van der Waals surface area contributed by atoms with E-state index in [1.165, 1.54) is 0 Å². The summed E-state index contributed by atoms with van der Waals surface area (Å²) in [6, 6.07) is 3.63. The molecule has 3 nitrogen and oxygen atoms in total. The van der Waals surface area contributed by atoms with Gasteiger partial charge in [0.1, 0.15) is 6.10 Å². The highest BCUT2D eigenvalue weighted by atomic mass is 35.5. The van der Waals surface area contributed by atoms with Gasteiger partial charge in [-0.15, -0.1) is 11.6 Å². The third-order valence-corrected chi connectivity index (χ3v) is 3.21. The van der Waals surface area contributed by atoms with Crippen molar-refractivity contribution in [2.24, 2.45) is 0 Å². The lowest BCUT2D eigenvalue weighted by Crippen LogP contribution is -2.16. The summed E-state index contributed by atoms with van der Waals surface area (Å²) < 4.78 is 16.3. The maximum atomic E-state index is 6.17. The molecular weight excluding hydrogens is 263 g/mol. The van der Waals surface area contributed by atoms with E-state index in [0.29, 0.717) is 29.0 Å². The van der Waals surface area contributed by atoms with Gasteiger partial charge in [0, 0.05) is 12.3 Å². The molecule has 0 spiro atoms. The van der Waals surface area contributed by atoms with Crippen molar-refractivity contribution < 1.29 is 14.2 Å². The number of methoxy groups -OCH3 is 1. The van der Waals surface area contributed by atoms with Gasteiger partial charge in [-0.25, -0.2) is 0 Å². The van der Waals surface area contributed by atoms with Gasteiger partial charge in [-0.2, -0.15) is 0 Å². The topological polar surface area (TPSA) is 27.7 Å². The average Bonchev–Trinajstić information content (AvgIpc) is 2.84. The average molecular weight is 277 g/mol. The molecule has 0 aliphatic carbocycles. The predicted octanol–water partition coefficient (Wildman–Crippen LogP) is 3.26. The van der Waals surface area contributed by atoms with Crippen LogP contribution in [-0.4, -0.2) is 26.4 Å². The largest absolute Gasteiger partial charge is 0.493 e. The molecule has 1 aliphatic heterocycles. The highest BCUT2D eigenvalue weighted by molar-refractivity contribution is 6.32. The van der Waals surface area contributed by atoms with E-state index in [-0.39, 0.29) is 6.10 Å². The fraction of sp³-hybridized carbons (Fsp3) is 0.500. The first-order chi connectivity index (χ1) is 8.24. The highest BCUT2D eigenvalue weighted by Gasteiger charge is 2.21. The molecule has 1 fully saturated rings. The number of rotatable bonds is 4. The van der Waals surface area contributed by atoms with Gasteiger partial charge in [-0.05, 0) is 17.7 Å². The van der Waals surface area contributed by atoms with Crippen molar-refractivity contribution in [1.29, 1.82) is 0 Å². The first-order valence-electron chi connectivity index (χ1n) is 5.41. The van der Waals surface area contributed by atoms with Crippen LogP contribution in [0.1, 0.15) is 12.0 Å². The molecule has 0 radical (unpaired) electrons. The van der Waals surface area contributed by atoms with Gasteiger partial charge in [-0.3, -0.25) is 0 Å². The van der Waals surface area contributed by atoms with Crippen molar-refractivity contribution in [2.45, 2.75) is 18.4 Å². The number of hydrogen-bond acceptors (Lipinski definition) is 3. The number of benzene rings is 1. The van der Waals surface area contributed by atoms with Crippen LogP contribution in [0.3, 0.4) is 0 Å². The SMILES string of the molecule is COc1cc(CCl)cc(Cl)c1OC1CCOC1. The zero-order valence-electron chi connectivity index (χ0n) is 9.54. The maximum Gasteiger partial charge on any atom is 0.180 e. The molecule has 0 aromatic heterocycles. The first-order valence-corrected chi connectivity index (χ1v) is 6.32. The van der Waals surface area contributed by atoms with Crippen LogP contribution < -0.4 is 9.47 Å². The zero-order valence-corrected chi connectivity index (χ0v) is 11.1. The van der Waals surface area contributed by atoms with Crippen LogP contribution >= 0.6 is 23.2 Å². The second-order valence-corrected chi connectivity index (χ2v) is 4.52. The van der Waals surface area contributed by atoms with E-state index >= 15 is 0 Å². The summed E-state index contributed by atoms with van der Waals surface area (Å²) in [6.07, 6.45) is 0.916. The van der Waals surface area contributed by atoms with Crippen molar-refractivity contribution in [1.82, 2.24) is 0 Å². The van der Waals surface area contributed by atoms with Crippen molar-refractivity contribution in [3.05, 3.63) is 22.7 Å². The molecule has 94 valence electrons. The number of alkyl halides is 1. The molecule has 5 heteroatoms. The van der Waals surface area contributed by atoms with Crippen LogP contribution in [0, 0.1) is 0 Å². The molecule has 1 unspecified atom stereocenters. The molecule has 1 saturated heterocycles. The van der Waals surface area contributed by atoms with Crippen LogP contribution in [-0.2, 0) is 10.6 Å². The molecule has 1 aromatic carbocycles. The standard InChI is InChI=1S/C12H14Cl2O3/c1-15-11-5-8(6-13)4-10(14)12(11)17-9-2-3-16-7-9/h4-5,9H,2-3,6-7H2,1H3. The lowest BCUT2D eigenvalue weighted by atomic mass is 10.2. The Morgan fingerprint density at radius 1 is 1.47 bits per heavy atom. The second-order valence-electron chi connectivity index (χ2n) is 3.85. The van der Waals surface area contributed by atoms with Crippen LogP contribution in [0.5, 0.6) is 11.5 Å². The van der Waals surface area contributed by atoms with Crippen molar-refractivity contribution in [3.63, 3.8) is 0 Å². The van der Waals surface area contributed by atoms with Gasteiger partial charge >= 0.3 is 0 Å². The molecule has 0 N–H and O–H groups in total. The third kappa shape index (κ3) is 2.97. The molecule has 2 rings (SSSR count). The number of hydrogen-bond donors (Lipinski definition) is 0. The van der Waals surface area contributed by atoms with E-state index in [9.17, 15) is 0 Å². The normalized spacial score (nSPS) is 19.4. The van der Waals surface area contributed by atoms with Crippen LogP contribution in [0.2, 0.25) is 5.02 Å². The highest BCUT2D eigenvalue weighted by Crippen LogP contribution is 2.38. The van der Waals surface area contributed by atoms with Crippen LogP contribution in [0.4, 0.5) is 0 Å². The van der Waals surface area contributed by atoms with E-state index in [1.807, 2.05) is 6.07 Å². The summed E-state index contributed by atoms with van der Waals surface area (Å²) in [7, 11) is 1.59. The number of ether oxygens (including phenoxy) is 3. The summed E-state index contributed by atoms with van der Waals surface area (Å²) in [5.41, 5.74) is 0.906.